The average molecular weight is 458 g/mol. The molecule has 1 saturated heterocycles. The Hall–Kier alpha value is -4.13. The molecule has 0 aliphatic carbocycles. The van der Waals surface area contributed by atoms with Crippen LogP contribution in [0.5, 0.6) is 5.75 Å². The quantitative estimate of drug-likeness (QED) is 0.377. The van der Waals surface area contributed by atoms with Crippen molar-refractivity contribution in [3.63, 3.8) is 0 Å². The number of nitrogens with zero attached hydrogens (tertiary/aromatic N) is 1. The lowest BCUT2D eigenvalue weighted by molar-refractivity contribution is 0.0720. The number of hydrogen-bond donors (Lipinski definition) is 3. The molecule has 0 spiro atoms. The lowest BCUT2D eigenvalue weighted by atomic mass is 10.1. The number of anilines is 2. The lowest BCUT2D eigenvalue weighted by Crippen LogP contribution is -2.35. The molecule has 0 saturated carbocycles. The zero-order chi connectivity index (χ0) is 24.1. The Labute approximate surface area is 198 Å². The van der Waals surface area contributed by atoms with Gasteiger partial charge in [-0.1, -0.05) is 35.9 Å². The van der Waals surface area contributed by atoms with Crippen LogP contribution in [-0.4, -0.2) is 40.8 Å². The SMILES string of the molecule is Cc1ccc(C(=O)Nc2cc(NC(=O)c3ccccc3)cc(C(=O)N3CCCCC3)c2O)cc1. The van der Waals surface area contributed by atoms with Crippen LogP contribution in [-0.2, 0) is 0 Å². The van der Waals surface area contributed by atoms with Crippen molar-refractivity contribution in [1.29, 1.82) is 0 Å². The summed E-state index contributed by atoms with van der Waals surface area (Å²) in [5.41, 5.74) is 2.26. The summed E-state index contributed by atoms with van der Waals surface area (Å²) in [6.07, 6.45) is 2.85. The smallest absolute Gasteiger partial charge is 0.257 e. The molecule has 3 aromatic carbocycles. The van der Waals surface area contributed by atoms with Crippen molar-refractivity contribution in [1.82, 2.24) is 4.90 Å². The number of hydrogen-bond acceptors (Lipinski definition) is 4. The second kappa shape index (κ2) is 10.2. The van der Waals surface area contributed by atoms with Crippen molar-refractivity contribution in [2.45, 2.75) is 26.2 Å². The van der Waals surface area contributed by atoms with Crippen molar-refractivity contribution < 1.29 is 19.5 Å². The molecule has 0 atom stereocenters. The molecular weight excluding hydrogens is 430 g/mol. The molecular formula is C27H27N3O4. The fourth-order valence-corrected chi connectivity index (χ4v) is 3.92. The summed E-state index contributed by atoms with van der Waals surface area (Å²) >= 11 is 0. The molecule has 174 valence electrons. The minimum absolute atomic E-state index is 0.0342. The Morgan fingerprint density at radius 3 is 2.09 bits per heavy atom. The zero-order valence-electron chi connectivity index (χ0n) is 19.0. The molecule has 0 unspecified atom stereocenters. The summed E-state index contributed by atoms with van der Waals surface area (Å²) in [6, 6.07) is 18.6. The summed E-state index contributed by atoms with van der Waals surface area (Å²) < 4.78 is 0. The van der Waals surface area contributed by atoms with Crippen molar-refractivity contribution >= 4 is 29.1 Å². The van der Waals surface area contributed by atoms with Crippen molar-refractivity contribution in [2.24, 2.45) is 0 Å². The van der Waals surface area contributed by atoms with Gasteiger partial charge in [0.1, 0.15) is 0 Å². The molecule has 34 heavy (non-hydrogen) atoms. The van der Waals surface area contributed by atoms with Gasteiger partial charge < -0.3 is 20.6 Å². The summed E-state index contributed by atoms with van der Waals surface area (Å²) in [4.78, 5) is 40.4. The van der Waals surface area contributed by atoms with E-state index in [0.29, 0.717) is 29.9 Å². The molecule has 3 aromatic rings. The number of nitrogens with one attached hydrogen (secondary N) is 2. The molecule has 1 heterocycles. The fraction of sp³-hybridized carbons (Fsp3) is 0.222. The van der Waals surface area contributed by atoms with Gasteiger partial charge in [0.15, 0.2) is 5.75 Å². The Balaban J connectivity index is 1.67. The number of rotatable bonds is 5. The molecule has 3 amide bonds. The molecule has 0 bridgehead atoms. The number of piperidine rings is 1. The number of carbonyl (C=O) groups excluding carboxylic acids is 3. The van der Waals surface area contributed by atoms with Crippen LogP contribution in [0.2, 0.25) is 0 Å². The summed E-state index contributed by atoms with van der Waals surface area (Å²) in [6.45, 7) is 3.12. The molecule has 1 fully saturated rings. The highest BCUT2D eigenvalue weighted by atomic mass is 16.3. The van der Waals surface area contributed by atoms with Gasteiger partial charge in [0.25, 0.3) is 17.7 Å². The Kier molecular flexibility index (Phi) is 6.92. The van der Waals surface area contributed by atoms with Gasteiger partial charge in [-0.3, -0.25) is 14.4 Å². The molecule has 1 aliphatic heterocycles. The van der Waals surface area contributed by atoms with Crippen LogP contribution >= 0.6 is 0 Å². The standard InChI is InChI=1S/C27H27N3O4/c1-18-10-12-20(13-11-18)26(33)29-23-17-21(28-25(32)19-8-4-2-5-9-19)16-22(24(23)31)27(34)30-14-6-3-7-15-30/h2,4-5,8-13,16-17,31H,3,6-7,14-15H2,1H3,(H,28,32)(H,29,33). The number of benzene rings is 3. The monoisotopic (exact) mass is 457 g/mol. The van der Waals surface area contributed by atoms with Crippen LogP contribution in [0.1, 0.15) is 55.9 Å². The predicted octanol–water partition coefficient (Wildman–Crippen LogP) is 4.83. The van der Waals surface area contributed by atoms with Gasteiger partial charge >= 0.3 is 0 Å². The van der Waals surface area contributed by atoms with E-state index in [1.165, 1.54) is 12.1 Å². The van der Waals surface area contributed by atoms with E-state index in [1.54, 1.807) is 41.3 Å². The molecule has 7 heteroatoms. The van der Waals surface area contributed by atoms with E-state index in [4.69, 9.17) is 0 Å². The Bertz CT molecular complexity index is 1200. The maximum atomic E-state index is 13.2. The fourth-order valence-electron chi connectivity index (χ4n) is 3.92. The van der Waals surface area contributed by atoms with Crippen LogP contribution in [0.25, 0.3) is 0 Å². The van der Waals surface area contributed by atoms with Gasteiger partial charge in [-0.25, -0.2) is 0 Å². The van der Waals surface area contributed by atoms with E-state index >= 15 is 0 Å². The van der Waals surface area contributed by atoms with Crippen LogP contribution in [0.4, 0.5) is 11.4 Å². The van der Waals surface area contributed by atoms with Gasteiger partial charge in [0, 0.05) is 29.9 Å². The van der Waals surface area contributed by atoms with E-state index in [-0.39, 0.29) is 28.8 Å². The highest BCUT2D eigenvalue weighted by Crippen LogP contribution is 2.34. The second-order valence-electron chi connectivity index (χ2n) is 8.41. The van der Waals surface area contributed by atoms with Crippen molar-refractivity contribution in [2.75, 3.05) is 23.7 Å². The third-order valence-corrected chi connectivity index (χ3v) is 5.84. The normalized spacial score (nSPS) is 13.3. The van der Waals surface area contributed by atoms with E-state index in [2.05, 4.69) is 10.6 Å². The topological polar surface area (TPSA) is 98.7 Å². The van der Waals surface area contributed by atoms with Gasteiger partial charge in [0.2, 0.25) is 0 Å². The number of likely N-dealkylation sites (tertiary alicyclic amines) is 1. The number of aromatic hydroxyl groups is 1. The van der Waals surface area contributed by atoms with E-state index in [1.807, 2.05) is 25.1 Å². The first-order chi connectivity index (χ1) is 16.4. The summed E-state index contributed by atoms with van der Waals surface area (Å²) in [5, 5.41) is 16.4. The van der Waals surface area contributed by atoms with Crippen LogP contribution in [0.3, 0.4) is 0 Å². The lowest BCUT2D eigenvalue weighted by Gasteiger charge is -2.27. The maximum Gasteiger partial charge on any atom is 0.257 e. The molecule has 7 nitrogen and oxygen atoms in total. The van der Waals surface area contributed by atoms with E-state index in [9.17, 15) is 19.5 Å². The van der Waals surface area contributed by atoms with Crippen LogP contribution in [0, 0.1) is 6.92 Å². The van der Waals surface area contributed by atoms with Crippen LogP contribution < -0.4 is 10.6 Å². The molecule has 3 N–H and O–H groups in total. The predicted molar refractivity (Wildman–Crippen MR) is 131 cm³/mol. The first kappa shape index (κ1) is 23.0. The van der Waals surface area contributed by atoms with Gasteiger partial charge in [-0.2, -0.15) is 0 Å². The van der Waals surface area contributed by atoms with E-state index in [0.717, 1.165) is 24.8 Å². The molecule has 4 rings (SSSR count). The third-order valence-electron chi connectivity index (χ3n) is 5.84. The largest absolute Gasteiger partial charge is 0.505 e. The number of amides is 3. The summed E-state index contributed by atoms with van der Waals surface area (Å²) in [7, 11) is 0. The minimum Gasteiger partial charge on any atom is -0.505 e. The Morgan fingerprint density at radius 2 is 1.41 bits per heavy atom. The van der Waals surface area contributed by atoms with Gasteiger partial charge in [0.05, 0.1) is 11.3 Å². The average Bonchev–Trinajstić information content (AvgIpc) is 2.86. The van der Waals surface area contributed by atoms with E-state index < -0.39 is 5.91 Å². The first-order valence-corrected chi connectivity index (χ1v) is 11.3. The molecule has 0 aromatic heterocycles. The van der Waals surface area contributed by atoms with Crippen LogP contribution in [0.15, 0.2) is 66.7 Å². The minimum atomic E-state index is -0.432. The summed E-state index contributed by atoms with van der Waals surface area (Å²) in [5.74, 6) is -1.45. The van der Waals surface area contributed by atoms with Crippen molar-refractivity contribution in [3.8, 4) is 5.75 Å². The number of carbonyl (C=O) groups is 3. The number of aryl methyl sites for hydroxylation is 1. The van der Waals surface area contributed by atoms with Crippen molar-refractivity contribution in [3.05, 3.63) is 89.0 Å². The Morgan fingerprint density at radius 1 is 0.794 bits per heavy atom. The molecule has 0 radical (unpaired) electrons. The van der Waals surface area contributed by atoms with Gasteiger partial charge in [-0.15, -0.1) is 0 Å². The first-order valence-electron chi connectivity index (χ1n) is 11.3. The maximum absolute atomic E-state index is 13.2. The third kappa shape index (κ3) is 5.26. The number of phenolic OH excluding ortho intramolecular Hbond substituents is 1. The highest BCUT2D eigenvalue weighted by molar-refractivity contribution is 6.09. The van der Waals surface area contributed by atoms with Gasteiger partial charge in [-0.05, 0) is 62.6 Å². The zero-order valence-corrected chi connectivity index (χ0v) is 19.0. The molecule has 1 aliphatic rings. The highest BCUT2D eigenvalue weighted by Gasteiger charge is 2.24. The second-order valence-corrected chi connectivity index (χ2v) is 8.41. The number of phenols is 1.